The minimum atomic E-state index is -0.644. The molecule has 2 aliphatic heterocycles. The fraction of sp³-hybridized carbons (Fsp3) is 0.533. The van der Waals surface area contributed by atoms with Gasteiger partial charge in [-0.05, 0) is 45.7 Å². The van der Waals surface area contributed by atoms with Crippen LogP contribution in [-0.4, -0.2) is 24.4 Å². The van der Waals surface area contributed by atoms with Crippen molar-refractivity contribution in [3.63, 3.8) is 0 Å². The molecule has 1 aromatic carbocycles. The minimum absolute atomic E-state index is 0.0576. The van der Waals surface area contributed by atoms with Crippen LogP contribution in [0.3, 0.4) is 0 Å². The van der Waals surface area contributed by atoms with Crippen molar-refractivity contribution in [3.05, 3.63) is 29.8 Å². The Kier molecular flexibility index (Phi) is 2.96. The van der Waals surface area contributed by atoms with Crippen LogP contribution in [0, 0.1) is 0 Å². The van der Waals surface area contributed by atoms with E-state index in [2.05, 4.69) is 6.07 Å². The first-order valence-corrected chi connectivity index (χ1v) is 7.07. The average molecular weight is 273 g/mol. The molecule has 2 heterocycles. The van der Waals surface area contributed by atoms with Gasteiger partial charge < -0.3 is 14.1 Å². The highest BCUT2D eigenvalue weighted by atomic mass is 16.7. The highest BCUT2D eigenvalue weighted by Gasteiger charge is 2.56. The molecular formula is C15H20BNO3. The smallest absolute Gasteiger partial charge is 0.384 e. The molecule has 0 radical (unpaired) electrons. The summed E-state index contributed by atoms with van der Waals surface area (Å²) in [7, 11) is -0.644. The molecule has 0 aromatic heterocycles. The Morgan fingerprint density at radius 2 is 1.65 bits per heavy atom. The first kappa shape index (κ1) is 13.6. The summed E-state index contributed by atoms with van der Waals surface area (Å²) in [6, 6.07) is 7.95. The third kappa shape index (κ3) is 1.96. The van der Waals surface area contributed by atoms with E-state index in [1.807, 2.05) is 45.9 Å². The topological polar surface area (TPSA) is 38.8 Å². The first-order chi connectivity index (χ1) is 9.32. The predicted molar refractivity (Wildman–Crippen MR) is 78.3 cm³/mol. The van der Waals surface area contributed by atoms with E-state index >= 15 is 0 Å². The van der Waals surface area contributed by atoms with Gasteiger partial charge in [0.15, 0.2) is 0 Å². The Hall–Kier alpha value is -1.33. The largest absolute Gasteiger partial charge is 0.601 e. The van der Waals surface area contributed by atoms with Crippen molar-refractivity contribution in [1.82, 2.24) is 0 Å². The summed E-state index contributed by atoms with van der Waals surface area (Å²) in [6.07, 6.45) is 1.28. The van der Waals surface area contributed by atoms with E-state index in [-0.39, 0.29) is 5.91 Å². The van der Waals surface area contributed by atoms with Crippen molar-refractivity contribution in [2.75, 3.05) is 4.81 Å². The minimum Gasteiger partial charge on any atom is -0.384 e. The van der Waals surface area contributed by atoms with Crippen molar-refractivity contribution in [2.45, 2.75) is 51.7 Å². The maximum Gasteiger partial charge on any atom is 0.601 e. The molecule has 5 heteroatoms. The highest BCUT2D eigenvalue weighted by Crippen LogP contribution is 2.40. The molecule has 106 valence electrons. The van der Waals surface area contributed by atoms with Gasteiger partial charge in [-0.15, -0.1) is 0 Å². The van der Waals surface area contributed by atoms with E-state index in [0.717, 1.165) is 12.1 Å². The van der Waals surface area contributed by atoms with E-state index in [4.69, 9.17) is 9.31 Å². The number of fused-ring (bicyclic) bond motifs is 1. The van der Waals surface area contributed by atoms with E-state index < -0.39 is 18.5 Å². The predicted octanol–water partition coefficient (Wildman–Crippen LogP) is 2.55. The number of hydrogen-bond donors (Lipinski definition) is 0. The zero-order valence-corrected chi connectivity index (χ0v) is 12.5. The molecule has 0 saturated carbocycles. The monoisotopic (exact) mass is 273 g/mol. The van der Waals surface area contributed by atoms with Crippen LogP contribution in [0.5, 0.6) is 0 Å². The number of nitrogens with zero attached hydrogens (tertiary/aromatic N) is 1. The van der Waals surface area contributed by atoms with Crippen molar-refractivity contribution in [1.29, 1.82) is 0 Å². The SMILES string of the molecule is CC1(C)OB(N2C(=O)CCc3ccccc32)OC1(C)C. The third-order valence-electron chi connectivity index (χ3n) is 4.58. The summed E-state index contributed by atoms with van der Waals surface area (Å²) in [4.78, 5) is 14.0. The van der Waals surface area contributed by atoms with Gasteiger partial charge in [0, 0.05) is 12.1 Å². The van der Waals surface area contributed by atoms with Gasteiger partial charge in [-0.2, -0.15) is 0 Å². The zero-order valence-electron chi connectivity index (χ0n) is 12.5. The number of rotatable bonds is 1. The lowest BCUT2D eigenvalue weighted by molar-refractivity contribution is -0.118. The van der Waals surface area contributed by atoms with E-state index in [1.165, 1.54) is 5.56 Å². The fourth-order valence-corrected chi connectivity index (χ4v) is 2.60. The molecule has 0 bridgehead atoms. The van der Waals surface area contributed by atoms with Gasteiger partial charge in [0.05, 0.1) is 11.2 Å². The summed E-state index contributed by atoms with van der Waals surface area (Å²) in [5.41, 5.74) is 1.19. The molecule has 1 amide bonds. The zero-order chi connectivity index (χ0) is 14.5. The van der Waals surface area contributed by atoms with E-state index in [1.54, 1.807) is 4.81 Å². The number of amides is 1. The van der Waals surface area contributed by atoms with Crippen molar-refractivity contribution < 1.29 is 14.1 Å². The van der Waals surface area contributed by atoms with Crippen LogP contribution in [0.25, 0.3) is 0 Å². The summed E-state index contributed by atoms with van der Waals surface area (Å²) in [5, 5.41) is 0. The molecule has 0 unspecified atom stereocenters. The first-order valence-electron chi connectivity index (χ1n) is 7.07. The number of aryl methyl sites for hydroxylation is 1. The standard InChI is InChI=1S/C15H20BNO3/c1-14(2)15(3,4)20-16(19-14)17-12-8-6-5-7-11(12)9-10-13(17)18/h5-8H,9-10H2,1-4H3. The molecule has 1 saturated heterocycles. The fourth-order valence-electron chi connectivity index (χ4n) is 2.60. The highest BCUT2D eigenvalue weighted by molar-refractivity contribution is 6.57. The Balaban J connectivity index is 1.97. The van der Waals surface area contributed by atoms with Gasteiger partial charge in [-0.3, -0.25) is 4.79 Å². The lowest BCUT2D eigenvalue weighted by Gasteiger charge is -2.32. The lowest BCUT2D eigenvalue weighted by Crippen LogP contribution is -2.48. The average Bonchev–Trinajstić information content (AvgIpc) is 2.57. The van der Waals surface area contributed by atoms with Crippen molar-refractivity contribution in [3.8, 4) is 0 Å². The normalized spacial score (nSPS) is 23.9. The molecule has 2 aliphatic rings. The molecule has 3 rings (SSSR count). The number of para-hydroxylation sites is 1. The lowest BCUT2D eigenvalue weighted by atomic mass is 9.90. The Labute approximate surface area is 120 Å². The molecule has 1 aromatic rings. The van der Waals surface area contributed by atoms with Gasteiger partial charge in [0.1, 0.15) is 0 Å². The summed E-state index contributed by atoms with van der Waals surface area (Å²) in [5.74, 6) is 0.0576. The number of carbonyl (C=O) groups excluding carboxylic acids is 1. The van der Waals surface area contributed by atoms with Crippen molar-refractivity contribution >= 4 is 18.8 Å². The molecule has 0 spiro atoms. The van der Waals surface area contributed by atoms with Gasteiger partial charge >= 0.3 is 7.25 Å². The molecule has 0 atom stereocenters. The number of hydrogen-bond acceptors (Lipinski definition) is 3. The second-order valence-corrected chi connectivity index (χ2v) is 6.46. The van der Waals surface area contributed by atoms with E-state index in [9.17, 15) is 4.79 Å². The number of benzene rings is 1. The third-order valence-corrected chi connectivity index (χ3v) is 4.58. The molecule has 1 fully saturated rings. The van der Waals surface area contributed by atoms with Gasteiger partial charge in [0.25, 0.3) is 0 Å². The van der Waals surface area contributed by atoms with Gasteiger partial charge in [-0.1, -0.05) is 18.2 Å². The second kappa shape index (κ2) is 4.33. The van der Waals surface area contributed by atoms with Crippen LogP contribution in [-0.2, 0) is 20.5 Å². The molecule has 0 aliphatic carbocycles. The van der Waals surface area contributed by atoms with Gasteiger partial charge in [0.2, 0.25) is 5.91 Å². The maximum atomic E-state index is 12.3. The van der Waals surface area contributed by atoms with Crippen LogP contribution >= 0.6 is 0 Å². The Bertz CT molecular complexity index is 540. The van der Waals surface area contributed by atoms with Crippen LogP contribution < -0.4 is 4.81 Å². The van der Waals surface area contributed by atoms with Crippen LogP contribution in [0.4, 0.5) is 5.69 Å². The molecular weight excluding hydrogens is 253 g/mol. The summed E-state index contributed by atoms with van der Waals surface area (Å²) < 4.78 is 12.0. The second-order valence-electron chi connectivity index (χ2n) is 6.46. The Morgan fingerprint density at radius 1 is 1.05 bits per heavy atom. The number of anilines is 1. The Morgan fingerprint density at radius 3 is 2.30 bits per heavy atom. The molecule has 20 heavy (non-hydrogen) atoms. The van der Waals surface area contributed by atoms with Crippen LogP contribution in [0.1, 0.15) is 39.7 Å². The van der Waals surface area contributed by atoms with E-state index in [0.29, 0.717) is 6.42 Å². The number of carbonyl (C=O) groups is 1. The molecule has 4 nitrogen and oxygen atoms in total. The van der Waals surface area contributed by atoms with Crippen LogP contribution in [0.2, 0.25) is 0 Å². The van der Waals surface area contributed by atoms with Gasteiger partial charge in [-0.25, -0.2) is 0 Å². The summed E-state index contributed by atoms with van der Waals surface area (Å²) in [6.45, 7) is 7.97. The molecule has 0 N–H and O–H groups in total. The van der Waals surface area contributed by atoms with Crippen molar-refractivity contribution in [2.24, 2.45) is 0 Å². The quantitative estimate of drug-likeness (QED) is 0.738. The van der Waals surface area contributed by atoms with Crippen LogP contribution in [0.15, 0.2) is 24.3 Å². The summed E-state index contributed by atoms with van der Waals surface area (Å²) >= 11 is 0. The maximum absolute atomic E-state index is 12.3.